The van der Waals surface area contributed by atoms with Crippen LogP contribution in [0.25, 0.3) is 99.7 Å². The standard InChI is InChI=1S/C46H28N6/c1-3-15-33-29(12-1)14-11-17-34(33)45-35-16-4-5-18-36(35)47-46(48-45)52-41-23-10-9-22-40(41)51-42-28-32(25-24-31(42)27-44(51)52)49-38-20-7-8-21-39(38)50-37-19-6-2-13-30(37)26-43(49)50/h1-28H. The van der Waals surface area contributed by atoms with E-state index >= 15 is 0 Å². The first-order valence-corrected chi connectivity index (χ1v) is 17.6. The topological polar surface area (TPSA) is 44.5 Å². The summed E-state index contributed by atoms with van der Waals surface area (Å²) in [6.45, 7) is 0. The first kappa shape index (κ1) is 27.6. The molecule has 7 aromatic carbocycles. The fourth-order valence-electron chi connectivity index (χ4n) is 8.50. The van der Waals surface area contributed by atoms with Crippen LogP contribution in [0.1, 0.15) is 0 Å². The quantitative estimate of drug-likeness (QED) is 0.189. The van der Waals surface area contributed by atoms with E-state index in [1.807, 2.05) is 0 Å². The Balaban J connectivity index is 1.15. The minimum atomic E-state index is 0.647. The molecule has 0 unspecified atom stereocenters. The number of imidazole rings is 2. The number of hydrogen-bond donors (Lipinski definition) is 0. The zero-order valence-corrected chi connectivity index (χ0v) is 27.8. The number of fused-ring (bicyclic) bond motifs is 12. The van der Waals surface area contributed by atoms with E-state index in [2.05, 4.69) is 188 Å². The van der Waals surface area contributed by atoms with Gasteiger partial charge >= 0.3 is 0 Å². The summed E-state index contributed by atoms with van der Waals surface area (Å²) in [6.07, 6.45) is 0. The average Bonchev–Trinajstić information content (AvgIpc) is 3.93. The molecule has 0 bridgehead atoms. The van der Waals surface area contributed by atoms with Crippen LogP contribution in [-0.2, 0) is 0 Å². The molecular weight excluding hydrogens is 637 g/mol. The molecule has 52 heavy (non-hydrogen) atoms. The van der Waals surface area contributed by atoms with Crippen molar-refractivity contribution in [2.45, 2.75) is 0 Å². The van der Waals surface area contributed by atoms with E-state index in [0.29, 0.717) is 5.95 Å². The van der Waals surface area contributed by atoms with E-state index in [-0.39, 0.29) is 0 Å². The van der Waals surface area contributed by atoms with E-state index in [1.165, 1.54) is 32.7 Å². The predicted octanol–water partition coefficient (Wildman–Crippen LogP) is 11.1. The smallest absolute Gasteiger partial charge is 0.237 e. The van der Waals surface area contributed by atoms with E-state index in [4.69, 9.17) is 9.97 Å². The second-order valence-electron chi connectivity index (χ2n) is 13.5. The van der Waals surface area contributed by atoms with Crippen molar-refractivity contribution in [3.63, 3.8) is 0 Å². The lowest BCUT2D eigenvalue weighted by Crippen LogP contribution is -2.03. The number of para-hydroxylation sites is 6. The lowest BCUT2D eigenvalue weighted by Gasteiger charge is -2.12. The highest BCUT2D eigenvalue weighted by Gasteiger charge is 2.21. The summed E-state index contributed by atoms with van der Waals surface area (Å²) in [5, 5.41) is 5.77. The lowest BCUT2D eigenvalue weighted by atomic mass is 9.99. The van der Waals surface area contributed by atoms with Gasteiger partial charge in [0.15, 0.2) is 0 Å². The lowest BCUT2D eigenvalue weighted by molar-refractivity contribution is 1.00. The SMILES string of the molecule is c1ccc2c(-c3nc(-n4c5ccccc5n5c6cc(-n7c8ccccc8n8c9ccccc9cc78)ccc6cc45)nc4ccccc34)cccc2c1. The molecule has 0 N–H and O–H groups in total. The molecule has 6 nitrogen and oxygen atoms in total. The number of benzene rings is 7. The minimum absolute atomic E-state index is 0.647. The summed E-state index contributed by atoms with van der Waals surface area (Å²) in [5.41, 5.74) is 13.0. The Morgan fingerprint density at radius 2 is 0.942 bits per heavy atom. The normalized spacial score (nSPS) is 12.2. The Hall–Kier alpha value is -7.18. The Morgan fingerprint density at radius 3 is 1.75 bits per heavy atom. The van der Waals surface area contributed by atoms with Crippen molar-refractivity contribution in [1.29, 1.82) is 0 Å². The van der Waals surface area contributed by atoms with Crippen LogP contribution < -0.4 is 0 Å². The molecule has 242 valence electrons. The van der Waals surface area contributed by atoms with Gasteiger partial charge in [0.1, 0.15) is 11.3 Å². The van der Waals surface area contributed by atoms with E-state index < -0.39 is 0 Å². The Kier molecular flexibility index (Phi) is 5.41. The number of nitrogens with zero attached hydrogens (tertiary/aromatic N) is 6. The van der Waals surface area contributed by atoms with E-state index in [9.17, 15) is 0 Å². The summed E-state index contributed by atoms with van der Waals surface area (Å²) in [5.74, 6) is 0.647. The Morgan fingerprint density at radius 1 is 0.365 bits per heavy atom. The van der Waals surface area contributed by atoms with Crippen LogP contribution in [0.4, 0.5) is 0 Å². The van der Waals surface area contributed by atoms with Crippen LogP contribution in [0, 0.1) is 0 Å². The van der Waals surface area contributed by atoms with Crippen molar-refractivity contribution < 1.29 is 0 Å². The molecule has 0 aliphatic rings. The molecule has 5 aromatic heterocycles. The fourth-order valence-corrected chi connectivity index (χ4v) is 8.50. The summed E-state index contributed by atoms with van der Waals surface area (Å²) in [4.78, 5) is 10.6. The first-order chi connectivity index (χ1) is 25.8. The highest BCUT2D eigenvalue weighted by Crippen LogP contribution is 2.37. The maximum atomic E-state index is 5.41. The molecule has 5 heterocycles. The molecular formula is C46H28N6. The van der Waals surface area contributed by atoms with Crippen LogP contribution in [0.15, 0.2) is 170 Å². The van der Waals surface area contributed by atoms with E-state index in [0.717, 1.165) is 61.1 Å². The molecule has 0 aliphatic carbocycles. The first-order valence-electron chi connectivity index (χ1n) is 17.6. The molecule has 0 radical (unpaired) electrons. The van der Waals surface area contributed by atoms with Crippen molar-refractivity contribution in [3.8, 4) is 22.9 Å². The van der Waals surface area contributed by atoms with Crippen molar-refractivity contribution in [1.82, 2.24) is 27.9 Å². The fraction of sp³-hybridized carbons (Fsp3) is 0. The van der Waals surface area contributed by atoms with Crippen molar-refractivity contribution >= 4 is 76.8 Å². The van der Waals surface area contributed by atoms with Crippen LogP contribution in [-0.4, -0.2) is 27.9 Å². The summed E-state index contributed by atoms with van der Waals surface area (Å²) in [7, 11) is 0. The van der Waals surface area contributed by atoms with Gasteiger partial charge in [-0.3, -0.25) is 17.9 Å². The van der Waals surface area contributed by atoms with Crippen LogP contribution in [0.3, 0.4) is 0 Å². The van der Waals surface area contributed by atoms with Gasteiger partial charge < -0.3 is 0 Å². The molecule has 6 heteroatoms. The van der Waals surface area contributed by atoms with Gasteiger partial charge in [0.2, 0.25) is 5.95 Å². The second-order valence-corrected chi connectivity index (χ2v) is 13.5. The van der Waals surface area contributed by atoms with Crippen molar-refractivity contribution in [3.05, 3.63) is 170 Å². The zero-order chi connectivity index (χ0) is 33.9. The third kappa shape index (κ3) is 3.67. The Labute approximate surface area is 296 Å². The molecule has 0 amide bonds. The van der Waals surface area contributed by atoms with Crippen molar-refractivity contribution in [2.75, 3.05) is 0 Å². The molecule has 12 rings (SSSR count). The molecule has 0 spiro atoms. The monoisotopic (exact) mass is 664 g/mol. The van der Waals surface area contributed by atoms with Crippen LogP contribution in [0.2, 0.25) is 0 Å². The van der Waals surface area contributed by atoms with E-state index in [1.54, 1.807) is 0 Å². The van der Waals surface area contributed by atoms with Crippen LogP contribution >= 0.6 is 0 Å². The van der Waals surface area contributed by atoms with Gasteiger partial charge in [0, 0.05) is 27.4 Å². The highest BCUT2D eigenvalue weighted by molar-refractivity contribution is 6.04. The third-order valence-electron chi connectivity index (χ3n) is 10.7. The predicted molar refractivity (Wildman–Crippen MR) is 213 cm³/mol. The van der Waals surface area contributed by atoms with Gasteiger partial charge in [-0.05, 0) is 71.4 Å². The molecule has 12 aromatic rings. The summed E-state index contributed by atoms with van der Waals surface area (Å²) < 4.78 is 9.34. The number of rotatable bonds is 3. The van der Waals surface area contributed by atoms with Gasteiger partial charge in [-0.25, -0.2) is 9.97 Å². The second kappa shape index (κ2) is 10.2. The third-order valence-corrected chi connectivity index (χ3v) is 10.7. The van der Waals surface area contributed by atoms with Gasteiger partial charge in [-0.1, -0.05) is 109 Å². The van der Waals surface area contributed by atoms with Gasteiger partial charge in [0.05, 0.1) is 44.3 Å². The number of aromatic nitrogens is 6. The maximum absolute atomic E-state index is 5.41. The van der Waals surface area contributed by atoms with Crippen molar-refractivity contribution in [2.24, 2.45) is 0 Å². The Bertz CT molecular complexity index is 3420. The molecule has 0 fully saturated rings. The minimum Gasteiger partial charge on any atom is -0.294 e. The maximum Gasteiger partial charge on any atom is 0.237 e. The van der Waals surface area contributed by atoms with Gasteiger partial charge in [0.25, 0.3) is 0 Å². The summed E-state index contributed by atoms with van der Waals surface area (Å²) in [6, 6.07) is 60.5. The molecule has 0 saturated carbocycles. The average molecular weight is 665 g/mol. The van der Waals surface area contributed by atoms with Gasteiger partial charge in [-0.2, -0.15) is 0 Å². The number of hydrogen-bond acceptors (Lipinski definition) is 2. The molecule has 0 aliphatic heterocycles. The molecule has 0 atom stereocenters. The van der Waals surface area contributed by atoms with Gasteiger partial charge in [-0.15, -0.1) is 0 Å². The van der Waals surface area contributed by atoms with Crippen LogP contribution in [0.5, 0.6) is 0 Å². The highest BCUT2D eigenvalue weighted by atomic mass is 15.2. The largest absolute Gasteiger partial charge is 0.294 e. The summed E-state index contributed by atoms with van der Waals surface area (Å²) >= 11 is 0. The molecule has 0 saturated heterocycles. The zero-order valence-electron chi connectivity index (χ0n) is 27.8.